The lowest BCUT2D eigenvalue weighted by molar-refractivity contribution is -0.141. The molecule has 0 aromatic heterocycles. The summed E-state index contributed by atoms with van der Waals surface area (Å²) in [5, 5.41) is 0. The van der Waals surface area contributed by atoms with Gasteiger partial charge in [-0.1, -0.05) is 18.2 Å². The molecule has 1 rings (SSSR count). The largest absolute Gasteiger partial charge is 0.496 e. The molecule has 5 heteroatoms. The molecule has 0 unspecified atom stereocenters. The second-order valence-corrected chi connectivity index (χ2v) is 4.54. The van der Waals surface area contributed by atoms with Gasteiger partial charge in [0.1, 0.15) is 12.4 Å². The average molecular weight is 292 g/mol. The Labute approximate surface area is 124 Å². The fourth-order valence-electron chi connectivity index (χ4n) is 1.84. The van der Waals surface area contributed by atoms with E-state index in [0.29, 0.717) is 5.75 Å². The lowest BCUT2D eigenvalue weighted by Gasteiger charge is -2.17. The average Bonchev–Trinajstić information content (AvgIpc) is 2.47. The maximum absolute atomic E-state index is 11.2. The minimum absolute atomic E-state index is 0.127. The van der Waals surface area contributed by atoms with Gasteiger partial charge in [-0.2, -0.15) is 0 Å². The fraction of sp³-hybridized carbons (Fsp3) is 0.375. The third-order valence-corrected chi connectivity index (χ3v) is 2.92. The number of benzene rings is 1. The van der Waals surface area contributed by atoms with Gasteiger partial charge in [-0.25, -0.2) is 4.79 Å². The van der Waals surface area contributed by atoms with Crippen LogP contribution in [0.5, 0.6) is 5.75 Å². The van der Waals surface area contributed by atoms with Gasteiger partial charge in [0.25, 0.3) is 0 Å². The number of ether oxygens (including phenoxy) is 3. The lowest BCUT2D eigenvalue weighted by Crippen LogP contribution is -2.11. The number of hydrogen-bond acceptors (Lipinski definition) is 5. The number of rotatable bonds is 6. The highest BCUT2D eigenvalue weighted by atomic mass is 16.5. The maximum atomic E-state index is 11.2. The molecule has 1 aromatic carbocycles. The van der Waals surface area contributed by atoms with Crippen LogP contribution in [-0.4, -0.2) is 32.8 Å². The normalized spacial score (nSPS) is 12.0. The van der Waals surface area contributed by atoms with Crippen LogP contribution in [0.2, 0.25) is 0 Å². The minimum Gasteiger partial charge on any atom is -0.496 e. The summed E-state index contributed by atoms with van der Waals surface area (Å²) in [4.78, 5) is 22.3. The first-order valence-electron chi connectivity index (χ1n) is 6.52. The molecule has 0 fully saturated rings. The summed E-state index contributed by atoms with van der Waals surface area (Å²) in [6.45, 7) is 3.42. The monoisotopic (exact) mass is 292 g/mol. The van der Waals surface area contributed by atoms with Crippen LogP contribution >= 0.6 is 0 Å². The van der Waals surface area contributed by atoms with Gasteiger partial charge in [-0.05, 0) is 18.6 Å². The molecule has 0 aliphatic carbocycles. The van der Waals surface area contributed by atoms with E-state index in [0.717, 1.165) is 11.1 Å². The highest BCUT2D eigenvalue weighted by Gasteiger charge is 2.16. The zero-order valence-corrected chi connectivity index (χ0v) is 12.7. The van der Waals surface area contributed by atoms with Crippen molar-refractivity contribution in [3.05, 3.63) is 41.5 Å². The molecule has 1 atom stereocenters. The predicted octanol–water partition coefficient (Wildman–Crippen LogP) is 2.38. The molecule has 0 saturated heterocycles. The molecular formula is C16H20O5. The predicted molar refractivity (Wildman–Crippen MR) is 78.3 cm³/mol. The van der Waals surface area contributed by atoms with Crippen LogP contribution in [-0.2, 0) is 19.1 Å². The fourth-order valence-corrected chi connectivity index (χ4v) is 1.84. The smallest absolute Gasteiger partial charge is 0.330 e. The van der Waals surface area contributed by atoms with E-state index in [1.807, 2.05) is 25.1 Å². The summed E-state index contributed by atoms with van der Waals surface area (Å²) >= 11 is 0. The first-order chi connectivity index (χ1) is 9.97. The van der Waals surface area contributed by atoms with Gasteiger partial charge in [-0.15, -0.1) is 0 Å². The van der Waals surface area contributed by atoms with Gasteiger partial charge < -0.3 is 14.2 Å². The highest BCUT2D eigenvalue weighted by molar-refractivity contribution is 5.82. The van der Waals surface area contributed by atoms with Crippen LogP contribution in [0.4, 0.5) is 0 Å². The van der Waals surface area contributed by atoms with Gasteiger partial charge in [0.05, 0.1) is 14.2 Å². The van der Waals surface area contributed by atoms with Crippen molar-refractivity contribution < 1.29 is 23.8 Å². The van der Waals surface area contributed by atoms with Crippen molar-refractivity contribution in [1.29, 1.82) is 0 Å². The van der Waals surface area contributed by atoms with Crippen molar-refractivity contribution in [1.82, 2.24) is 0 Å². The van der Waals surface area contributed by atoms with E-state index in [-0.39, 0.29) is 18.5 Å². The van der Waals surface area contributed by atoms with Gasteiger partial charge in [0.15, 0.2) is 0 Å². The van der Waals surface area contributed by atoms with Crippen LogP contribution in [0.25, 0.3) is 0 Å². The summed E-state index contributed by atoms with van der Waals surface area (Å²) in [5.41, 5.74) is 1.89. The van der Waals surface area contributed by atoms with E-state index >= 15 is 0 Å². The summed E-state index contributed by atoms with van der Waals surface area (Å²) < 4.78 is 15.0. The number of methoxy groups -OCH3 is 2. The lowest BCUT2D eigenvalue weighted by atomic mass is 9.97. The molecule has 21 heavy (non-hydrogen) atoms. The summed E-state index contributed by atoms with van der Waals surface area (Å²) in [5.74, 6) is -0.448. The highest BCUT2D eigenvalue weighted by Crippen LogP contribution is 2.29. The minimum atomic E-state index is -0.464. The number of carbonyl (C=O) groups is 2. The summed E-state index contributed by atoms with van der Waals surface area (Å²) in [6.07, 6.45) is 2.95. The Balaban J connectivity index is 3.07. The van der Waals surface area contributed by atoms with Crippen LogP contribution in [0.1, 0.15) is 24.0 Å². The number of esters is 2. The van der Waals surface area contributed by atoms with Crippen molar-refractivity contribution in [2.45, 2.75) is 19.8 Å². The summed E-state index contributed by atoms with van der Waals surface area (Å²) in [6, 6.07) is 5.72. The standard InChI is InChI=1S/C16H20O5/c1-11-5-7-14(15(9-11)19-3)13(10-21-12(2)17)6-8-16(18)20-4/h5-9,13H,10H2,1-4H3/b8-6+/t13-/m1/s1. The molecule has 0 spiro atoms. The Morgan fingerprint density at radius 2 is 2.00 bits per heavy atom. The Hall–Kier alpha value is -2.30. The van der Waals surface area contributed by atoms with Crippen LogP contribution in [0.3, 0.4) is 0 Å². The molecule has 0 saturated carbocycles. The molecule has 0 radical (unpaired) electrons. The van der Waals surface area contributed by atoms with Crippen LogP contribution < -0.4 is 4.74 Å². The SMILES string of the molecule is COC(=O)/C=C/[C@H](COC(C)=O)c1ccc(C)cc1OC. The molecule has 5 nitrogen and oxygen atoms in total. The third kappa shape index (κ3) is 5.30. The topological polar surface area (TPSA) is 61.8 Å². The molecular weight excluding hydrogens is 272 g/mol. The van der Waals surface area contributed by atoms with E-state index in [9.17, 15) is 9.59 Å². The molecule has 0 bridgehead atoms. The Kier molecular flexibility index (Phi) is 6.46. The first kappa shape index (κ1) is 16.8. The van der Waals surface area contributed by atoms with Crippen molar-refractivity contribution >= 4 is 11.9 Å². The molecule has 0 amide bonds. The van der Waals surface area contributed by atoms with Gasteiger partial charge >= 0.3 is 11.9 Å². The van der Waals surface area contributed by atoms with Crippen molar-refractivity contribution in [2.24, 2.45) is 0 Å². The van der Waals surface area contributed by atoms with Gasteiger partial charge in [-0.3, -0.25) is 4.79 Å². The van der Waals surface area contributed by atoms with Crippen molar-refractivity contribution in [2.75, 3.05) is 20.8 Å². The van der Waals surface area contributed by atoms with Crippen molar-refractivity contribution in [3.8, 4) is 5.75 Å². The molecule has 1 aromatic rings. The Bertz CT molecular complexity index is 533. The van der Waals surface area contributed by atoms with Gasteiger partial charge in [0, 0.05) is 24.5 Å². The number of aryl methyl sites for hydroxylation is 1. The Morgan fingerprint density at radius 3 is 2.57 bits per heavy atom. The van der Waals surface area contributed by atoms with Gasteiger partial charge in [0.2, 0.25) is 0 Å². The van der Waals surface area contributed by atoms with Crippen LogP contribution in [0.15, 0.2) is 30.4 Å². The van der Waals surface area contributed by atoms with E-state index < -0.39 is 5.97 Å². The molecule has 114 valence electrons. The Morgan fingerprint density at radius 1 is 1.29 bits per heavy atom. The number of carbonyl (C=O) groups excluding carboxylic acids is 2. The van der Waals surface area contributed by atoms with Crippen LogP contribution in [0, 0.1) is 6.92 Å². The molecule has 0 heterocycles. The van der Waals surface area contributed by atoms with E-state index in [1.165, 1.54) is 20.1 Å². The maximum Gasteiger partial charge on any atom is 0.330 e. The number of hydrogen-bond donors (Lipinski definition) is 0. The second-order valence-electron chi connectivity index (χ2n) is 4.54. The van der Waals surface area contributed by atoms with E-state index in [1.54, 1.807) is 13.2 Å². The molecule has 0 N–H and O–H groups in total. The quantitative estimate of drug-likeness (QED) is 0.595. The zero-order chi connectivity index (χ0) is 15.8. The first-order valence-corrected chi connectivity index (χ1v) is 6.52. The van der Waals surface area contributed by atoms with E-state index in [4.69, 9.17) is 9.47 Å². The molecule has 0 aliphatic rings. The second kappa shape index (κ2) is 8.09. The zero-order valence-electron chi connectivity index (χ0n) is 12.7. The summed E-state index contributed by atoms with van der Waals surface area (Å²) in [7, 11) is 2.88. The third-order valence-electron chi connectivity index (χ3n) is 2.92. The molecule has 0 aliphatic heterocycles. The van der Waals surface area contributed by atoms with Crippen molar-refractivity contribution in [3.63, 3.8) is 0 Å². The van der Waals surface area contributed by atoms with E-state index in [2.05, 4.69) is 4.74 Å².